The van der Waals surface area contributed by atoms with Gasteiger partial charge in [-0.1, -0.05) is 0 Å². The highest BCUT2D eigenvalue weighted by Gasteiger charge is 2.13. The maximum absolute atomic E-state index is 5.36. The number of ether oxygens (including phenoxy) is 2. The third kappa shape index (κ3) is 2.44. The summed E-state index contributed by atoms with van der Waals surface area (Å²) in [5, 5.41) is 16.8. The molecule has 0 saturated carbocycles. The van der Waals surface area contributed by atoms with Gasteiger partial charge in [-0.2, -0.15) is 14.9 Å². The van der Waals surface area contributed by atoms with Crippen molar-refractivity contribution in [2.75, 3.05) is 6.79 Å². The zero-order chi connectivity index (χ0) is 15.8. The molecular weight excluding hydrogens is 296 g/mol. The van der Waals surface area contributed by atoms with Crippen LogP contribution in [-0.2, 0) is 0 Å². The third-order valence-electron chi connectivity index (χ3n) is 3.44. The Morgan fingerprint density at radius 1 is 1.17 bits per heavy atom. The Bertz CT molecular complexity index is 895. The van der Waals surface area contributed by atoms with Gasteiger partial charge < -0.3 is 9.47 Å². The molecule has 0 atom stereocenters. The lowest BCUT2D eigenvalue weighted by molar-refractivity contribution is 0.174. The largest absolute Gasteiger partial charge is 0.454 e. The molecule has 116 valence electrons. The van der Waals surface area contributed by atoms with Crippen LogP contribution in [0.1, 0.15) is 17.0 Å². The van der Waals surface area contributed by atoms with Crippen LogP contribution in [0, 0.1) is 13.8 Å². The van der Waals surface area contributed by atoms with Gasteiger partial charge in [0.1, 0.15) is 6.33 Å². The van der Waals surface area contributed by atoms with Gasteiger partial charge in [0, 0.05) is 5.69 Å². The van der Waals surface area contributed by atoms with E-state index in [0.29, 0.717) is 5.95 Å². The maximum Gasteiger partial charge on any atom is 0.273 e. The van der Waals surface area contributed by atoms with Gasteiger partial charge in [0.05, 0.1) is 11.9 Å². The van der Waals surface area contributed by atoms with E-state index in [2.05, 4.69) is 20.4 Å². The Labute approximate surface area is 132 Å². The summed E-state index contributed by atoms with van der Waals surface area (Å²) >= 11 is 0. The van der Waals surface area contributed by atoms with E-state index in [1.807, 2.05) is 38.1 Å². The van der Waals surface area contributed by atoms with Crippen molar-refractivity contribution in [1.29, 1.82) is 0 Å². The SMILES string of the molecule is Cc1cc(C)n(-c2nncn2/N=C\c2ccc3c(c2)OCO3)n1. The molecule has 0 saturated heterocycles. The molecule has 8 nitrogen and oxygen atoms in total. The first-order chi connectivity index (χ1) is 11.2. The summed E-state index contributed by atoms with van der Waals surface area (Å²) in [6.07, 6.45) is 3.25. The Kier molecular flexibility index (Phi) is 3.07. The van der Waals surface area contributed by atoms with Crippen molar-refractivity contribution in [2.45, 2.75) is 13.8 Å². The minimum atomic E-state index is 0.253. The summed E-state index contributed by atoms with van der Waals surface area (Å²) in [5.41, 5.74) is 2.77. The van der Waals surface area contributed by atoms with Crippen molar-refractivity contribution in [3.8, 4) is 17.4 Å². The number of aromatic nitrogens is 5. The van der Waals surface area contributed by atoms with Crippen molar-refractivity contribution in [3.05, 3.63) is 47.5 Å². The van der Waals surface area contributed by atoms with Crippen LogP contribution < -0.4 is 9.47 Å². The molecule has 0 aliphatic carbocycles. The van der Waals surface area contributed by atoms with Gasteiger partial charge in [-0.05, 0) is 43.7 Å². The molecule has 1 aliphatic rings. The molecule has 8 heteroatoms. The quantitative estimate of drug-likeness (QED) is 0.688. The van der Waals surface area contributed by atoms with E-state index in [1.165, 1.54) is 6.33 Å². The number of fused-ring (bicyclic) bond motifs is 1. The van der Waals surface area contributed by atoms with Gasteiger partial charge in [0.25, 0.3) is 5.95 Å². The molecular formula is C15H14N6O2. The summed E-state index contributed by atoms with van der Waals surface area (Å²) < 4.78 is 13.9. The highest BCUT2D eigenvalue weighted by Crippen LogP contribution is 2.31. The van der Waals surface area contributed by atoms with Gasteiger partial charge in [-0.15, -0.1) is 10.2 Å². The fourth-order valence-corrected chi connectivity index (χ4v) is 2.40. The van der Waals surface area contributed by atoms with Crippen LogP contribution in [0.5, 0.6) is 11.5 Å². The molecule has 0 amide bonds. The number of nitrogens with zero attached hydrogens (tertiary/aromatic N) is 6. The molecule has 0 N–H and O–H groups in total. The number of hydrogen-bond donors (Lipinski definition) is 0. The average Bonchev–Trinajstić information content (AvgIpc) is 3.24. The van der Waals surface area contributed by atoms with Crippen LogP contribution >= 0.6 is 0 Å². The van der Waals surface area contributed by atoms with Crippen LogP contribution in [0.15, 0.2) is 35.7 Å². The maximum atomic E-state index is 5.36. The van der Waals surface area contributed by atoms with Crippen molar-refractivity contribution in [2.24, 2.45) is 5.10 Å². The van der Waals surface area contributed by atoms with Gasteiger partial charge in [-0.25, -0.2) is 4.68 Å². The van der Waals surface area contributed by atoms with Crippen LogP contribution in [0.2, 0.25) is 0 Å². The second-order valence-electron chi connectivity index (χ2n) is 5.17. The zero-order valence-corrected chi connectivity index (χ0v) is 12.7. The number of rotatable bonds is 3. The number of aryl methyl sites for hydroxylation is 2. The molecule has 3 aromatic rings. The Morgan fingerprint density at radius 2 is 2.04 bits per heavy atom. The van der Waals surface area contributed by atoms with E-state index in [1.54, 1.807) is 15.6 Å². The fourth-order valence-electron chi connectivity index (χ4n) is 2.40. The molecule has 0 spiro atoms. The van der Waals surface area contributed by atoms with Crippen molar-refractivity contribution in [1.82, 2.24) is 24.7 Å². The molecule has 0 bridgehead atoms. The molecule has 0 unspecified atom stereocenters. The predicted molar refractivity (Wildman–Crippen MR) is 82.2 cm³/mol. The lowest BCUT2D eigenvalue weighted by atomic mass is 10.2. The van der Waals surface area contributed by atoms with Gasteiger partial charge in [0.2, 0.25) is 6.79 Å². The van der Waals surface area contributed by atoms with Crippen LogP contribution in [-0.4, -0.2) is 37.7 Å². The molecule has 2 aromatic heterocycles. The highest BCUT2D eigenvalue weighted by atomic mass is 16.7. The molecule has 0 radical (unpaired) electrons. The van der Waals surface area contributed by atoms with E-state index < -0.39 is 0 Å². The van der Waals surface area contributed by atoms with Gasteiger partial charge in [-0.3, -0.25) is 0 Å². The first-order valence-electron chi connectivity index (χ1n) is 7.08. The standard InChI is InChI=1S/C15H14N6O2/c1-10-5-11(2)21(19-10)15-18-16-8-20(15)17-7-12-3-4-13-14(6-12)23-9-22-13/h3-8H,9H2,1-2H3/b17-7-. The summed E-state index contributed by atoms with van der Waals surface area (Å²) in [7, 11) is 0. The number of benzene rings is 1. The lowest BCUT2D eigenvalue weighted by Gasteiger charge is -2.02. The van der Waals surface area contributed by atoms with Crippen molar-refractivity contribution in [3.63, 3.8) is 0 Å². The van der Waals surface area contributed by atoms with E-state index in [0.717, 1.165) is 28.5 Å². The smallest absolute Gasteiger partial charge is 0.273 e. The second-order valence-corrected chi connectivity index (χ2v) is 5.17. The summed E-state index contributed by atoms with van der Waals surface area (Å²) in [5.74, 6) is 2.00. The van der Waals surface area contributed by atoms with Crippen LogP contribution in [0.4, 0.5) is 0 Å². The summed E-state index contributed by atoms with van der Waals surface area (Å²) in [4.78, 5) is 0. The minimum absolute atomic E-state index is 0.253. The van der Waals surface area contributed by atoms with E-state index >= 15 is 0 Å². The Hall–Kier alpha value is -3.16. The molecule has 4 rings (SSSR count). The van der Waals surface area contributed by atoms with E-state index in [-0.39, 0.29) is 6.79 Å². The average molecular weight is 310 g/mol. The second kappa shape index (κ2) is 5.24. The molecule has 23 heavy (non-hydrogen) atoms. The molecule has 0 fully saturated rings. The fraction of sp³-hybridized carbons (Fsp3) is 0.200. The first kappa shape index (κ1) is 13.5. The van der Waals surface area contributed by atoms with Crippen molar-refractivity contribution >= 4 is 6.21 Å². The van der Waals surface area contributed by atoms with Crippen molar-refractivity contribution < 1.29 is 9.47 Å². The predicted octanol–water partition coefficient (Wildman–Crippen LogP) is 1.69. The van der Waals surface area contributed by atoms with E-state index in [9.17, 15) is 0 Å². The Balaban J connectivity index is 1.65. The third-order valence-corrected chi connectivity index (χ3v) is 3.44. The molecule has 3 heterocycles. The zero-order valence-electron chi connectivity index (χ0n) is 12.7. The summed E-state index contributed by atoms with van der Waals surface area (Å²) in [6, 6.07) is 7.61. The lowest BCUT2D eigenvalue weighted by Crippen LogP contribution is -2.06. The Morgan fingerprint density at radius 3 is 2.87 bits per heavy atom. The molecule has 1 aliphatic heterocycles. The van der Waals surface area contributed by atoms with Gasteiger partial charge in [0.15, 0.2) is 11.5 Å². The normalized spacial score (nSPS) is 13.1. The summed E-state index contributed by atoms with van der Waals surface area (Å²) in [6.45, 7) is 4.14. The molecule has 1 aromatic carbocycles. The van der Waals surface area contributed by atoms with E-state index in [4.69, 9.17) is 9.47 Å². The van der Waals surface area contributed by atoms with Crippen LogP contribution in [0.25, 0.3) is 5.95 Å². The number of hydrogen-bond acceptors (Lipinski definition) is 6. The first-order valence-corrected chi connectivity index (χ1v) is 7.08. The topological polar surface area (TPSA) is 79.4 Å². The van der Waals surface area contributed by atoms with Gasteiger partial charge >= 0.3 is 0 Å². The monoisotopic (exact) mass is 310 g/mol. The highest BCUT2D eigenvalue weighted by molar-refractivity contribution is 5.81. The van der Waals surface area contributed by atoms with Crippen LogP contribution in [0.3, 0.4) is 0 Å². The minimum Gasteiger partial charge on any atom is -0.454 e.